The van der Waals surface area contributed by atoms with Crippen molar-refractivity contribution in [1.82, 2.24) is 5.32 Å². The zero-order valence-corrected chi connectivity index (χ0v) is 34.9. The third kappa shape index (κ3) is 26.1. The lowest BCUT2D eigenvalue weighted by molar-refractivity contribution is -0.298. The summed E-state index contributed by atoms with van der Waals surface area (Å²) >= 11 is 0. The normalized spacial score (nSPS) is 21.6. The molecule has 0 radical (unpaired) electrons. The van der Waals surface area contributed by atoms with Crippen LogP contribution in [0.1, 0.15) is 200 Å². The van der Waals surface area contributed by atoms with Crippen LogP contribution in [0.4, 0.5) is 0 Å². The lowest BCUT2D eigenvalue weighted by atomic mass is 9.99. The standard InChI is InChI=1S/C41H81NO11S/c1-3-5-7-9-11-13-15-16-17-18-19-20-21-22-24-26-28-30-35(44)34(42-37(45)31-29-27-25-23-14-12-10-8-6-4-2)33-51-41-39(47)40(53-54(48,49)50)38(46)36(32-43)52-41/h34-36,38-41,43-44,46-47H,3-33H2,1-2H3,(H,42,45)(H,48,49,50). The van der Waals surface area contributed by atoms with E-state index >= 15 is 0 Å². The van der Waals surface area contributed by atoms with Crippen molar-refractivity contribution >= 4 is 16.3 Å². The first kappa shape index (κ1) is 51.1. The minimum atomic E-state index is -5.07. The van der Waals surface area contributed by atoms with Gasteiger partial charge >= 0.3 is 10.4 Å². The number of nitrogens with one attached hydrogen (secondary N) is 1. The fraction of sp³-hybridized carbons (Fsp3) is 0.976. The molecule has 7 unspecified atom stereocenters. The number of aliphatic hydroxyl groups is 4. The predicted octanol–water partition coefficient (Wildman–Crippen LogP) is 7.83. The Labute approximate surface area is 328 Å². The molecule has 13 heteroatoms. The molecule has 0 bridgehead atoms. The minimum absolute atomic E-state index is 0.231. The van der Waals surface area contributed by atoms with Gasteiger partial charge in [0.05, 0.1) is 25.4 Å². The van der Waals surface area contributed by atoms with E-state index in [2.05, 4.69) is 23.3 Å². The molecule has 0 spiro atoms. The molecule has 0 saturated carbocycles. The summed E-state index contributed by atoms with van der Waals surface area (Å²) in [6, 6.07) is -0.849. The molecule has 6 N–H and O–H groups in total. The van der Waals surface area contributed by atoms with Crippen molar-refractivity contribution in [2.24, 2.45) is 0 Å². The highest BCUT2D eigenvalue weighted by atomic mass is 32.3. The highest BCUT2D eigenvalue weighted by Crippen LogP contribution is 2.26. The van der Waals surface area contributed by atoms with Crippen LogP contribution in [0.5, 0.6) is 0 Å². The number of aliphatic hydroxyl groups excluding tert-OH is 4. The van der Waals surface area contributed by atoms with Crippen molar-refractivity contribution < 1.29 is 51.8 Å². The molecule has 1 aliphatic heterocycles. The Hall–Kier alpha value is -0.900. The molecular formula is C41H81NO11S. The molecule has 1 fully saturated rings. The van der Waals surface area contributed by atoms with Crippen LogP contribution >= 0.6 is 0 Å². The first-order valence-electron chi connectivity index (χ1n) is 21.9. The van der Waals surface area contributed by atoms with Gasteiger partial charge < -0.3 is 35.2 Å². The van der Waals surface area contributed by atoms with E-state index in [1.807, 2.05) is 0 Å². The quantitative estimate of drug-likeness (QED) is 0.0265. The monoisotopic (exact) mass is 796 g/mol. The fourth-order valence-electron chi connectivity index (χ4n) is 7.22. The average molecular weight is 796 g/mol. The number of unbranched alkanes of at least 4 members (excludes halogenated alkanes) is 25. The lowest BCUT2D eigenvalue weighted by Crippen LogP contribution is -2.61. The Kier molecular flexibility index (Phi) is 31.3. The Balaban J connectivity index is 2.50. The largest absolute Gasteiger partial charge is 0.397 e. The molecule has 0 aliphatic carbocycles. The Morgan fingerprint density at radius 2 is 1.07 bits per heavy atom. The van der Waals surface area contributed by atoms with Gasteiger partial charge in [0, 0.05) is 6.42 Å². The second-order valence-electron chi connectivity index (χ2n) is 15.6. The Morgan fingerprint density at radius 3 is 1.48 bits per heavy atom. The number of ether oxygens (including phenoxy) is 2. The molecule has 1 heterocycles. The molecule has 1 amide bonds. The van der Waals surface area contributed by atoms with Crippen molar-refractivity contribution in [3.8, 4) is 0 Å². The van der Waals surface area contributed by atoms with E-state index in [9.17, 15) is 33.6 Å². The maximum atomic E-state index is 13.0. The highest BCUT2D eigenvalue weighted by Gasteiger charge is 2.48. The Bertz CT molecular complexity index is 988. The van der Waals surface area contributed by atoms with Gasteiger partial charge in [0.15, 0.2) is 6.29 Å². The second-order valence-corrected chi connectivity index (χ2v) is 16.7. The number of carbonyl (C=O) groups is 1. The molecule has 12 nitrogen and oxygen atoms in total. The van der Waals surface area contributed by atoms with E-state index in [4.69, 9.17) is 14.0 Å². The van der Waals surface area contributed by atoms with Gasteiger partial charge in [-0.2, -0.15) is 8.42 Å². The van der Waals surface area contributed by atoms with Crippen molar-refractivity contribution in [2.75, 3.05) is 13.2 Å². The summed E-state index contributed by atoms with van der Waals surface area (Å²) in [5.74, 6) is -0.231. The molecule has 0 aromatic rings. The Morgan fingerprint density at radius 1 is 0.667 bits per heavy atom. The van der Waals surface area contributed by atoms with Gasteiger partial charge in [-0.15, -0.1) is 0 Å². The SMILES string of the molecule is CCCCCCCCCCCCCCCCCCCC(O)C(COC1OC(CO)C(O)C(OS(=O)(=O)O)C1O)NC(=O)CCCCCCCCCCCC. The zero-order chi connectivity index (χ0) is 39.9. The van der Waals surface area contributed by atoms with Crippen LogP contribution < -0.4 is 5.32 Å². The second kappa shape index (κ2) is 33.1. The molecule has 1 saturated heterocycles. The molecule has 7 atom stereocenters. The van der Waals surface area contributed by atoms with Crippen LogP contribution in [0, 0.1) is 0 Å². The number of amides is 1. The third-order valence-electron chi connectivity index (χ3n) is 10.7. The van der Waals surface area contributed by atoms with Gasteiger partial charge in [-0.25, -0.2) is 4.18 Å². The van der Waals surface area contributed by atoms with Crippen LogP contribution in [0.25, 0.3) is 0 Å². The summed E-state index contributed by atoms with van der Waals surface area (Å²) in [6.07, 6.45) is 24.0. The van der Waals surface area contributed by atoms with E-state index in [-0.39, 0.29) is 12.5 Å². The van der Waals surface area contributed by atoms with Gasteiger partial charge in [0.1, 0.15) is 24.4 Å². The van der Waals surface area contributed by atoms with Crippen molar-refractivity contribution in [1.29, 1.82) is 0 Å². The summed E-state index contributed by atoms with van der Waals surface area (Å²) < 4.78 is 47.5. The summed E-state index contributed by atoms with van der Waals surface area (Å²) in [6.45, 7) is 3.43. The molecule has 322 valence electrons. The van der Waals surface area contributed by atoms with Crippen molar-refractivity contribution in [2.45, 2.75) is 243 Å². The topological polar surface area (TPSA) is 192 Å². The van der Waals surface area contributed by atoms with Gasteiger partial charge in [-0.3, -0.25) is 9.35 Å². The molecule has 54 heavy (non-hydrogen) atoms. The third-order valence-corrected chi connectivity index (χ3v) is 11.1. The van der Waals surface area contributed by atoms with Gasteiger partial charge in [0.25, 0.3) is 0 Å². The van der Waals surface area contributed by atoms with E-state index in [0.717, 1.165) is 51.4 Å². The summed E-state index contributed by atoms with van der Waals surface area (Å²) in [7, 11) is -5.07. The van der Waals surface area contributed by atoms with Crippen LogP contribution in [0.2, 0.25) is 0 Å². The van der Waals surface area contributed by atoms with Crippen LogP contribution in [-0.2, 0) is 28.9 Å². The van der Waals surface area contributed by atoms with Gasteiger partial charge in [-0.1, -0.05) is 181 Å². The first-order valence-corrected chi connectivity index (χ1v) is 23.3. The molecule has 0 aromatic carbocycles. The molecule has 1 rings (SSSR count). The van der Waals surface area contributed by atoms with E-state index in [1.165, 1.54) is 122 Å². The smallest absolute Gasteiger partial charge is 0.394 e. The summed E-state index contributed by atoms with van der Waals surface area (Å²) in [4.78, 5) is 13.0. The minimum Gasteiger partial charge on any atom is -0.394 e. The molecular weight excluding hydrogens is 715 g/mol. The number of carbonyl (C=O) groups excluding carboxylic acids is 1. The van der Waals surface area contributed by atoms with E-state index < -0.39 is 59.9 Å². The number of rotatable bonds is 37. The molecule has 1 aliphatic rings. The van der Waals surface area contributed by atoms with Crippen molar-refractivity contribution in [3.05, 3.63) is 0 Å². The lowest BCUT2D eigenvalue weighted by Gasteiger charge is -2.41. The van der Waals surface area contributed by atoms with Gasteiger partial charge in [0.2, 0.25) is 5.91 Å². The number of hydrogen-bond acceptors (Lipinski definition) is 10. The van der Waals surface area contributed by atoms with Crippen LogP contribution in [0.15, 0.2) is 0 Å². The highest BCUT2D eigenvalue weighted by molar-refractivity contribution is 7.80. The fourth-order valence-corrected chi connectivity index (χ4v) is 7.73. The number of hydrogen-bond donors (Lipinski definition) is 6. The van der Waals surface area contributed by atoms with E-state index in [0.29, 0.717) is 12.8 Å². The first-order chi connectivity index (χ1) is 26.0. The summed E-state index contributed by atoms with van der Waals surface area (Å²) in [5.41, 5.74) is 0. The average Bonchev–Trinajstić information content (AvgIpc) is 3.14. The predicted molar refractivity (Wildman–Crippen MR) is 213 cm³/mol. The van der Waals surface area contributed by atoms with E-state index in [1.54, 1.807) is 0 Å². The van der Waals surface area contributed by atoms with Crippen LogP contribution in [-0.4, -0.2) is 95.4 Å². The van der Waals surface area contributed by atoms with Gasteiger partial charge in [-0.05, 0) is 12.8 Å². The molecule has 0 aromatic heterocycles. The van der Waals surface area contributed by atoms with Crippen molar-refractivity contribution in [3.63, 3.8) is 0 Å². The summed E-state index contributed by atoms with van der Waals surface area (Å²) in [5, 5.41) is 44.7. The maximum absolute atomic E-state index is 13.0. The zero-order valence-electron chi connectivity index (χ0n) is 34.1. The van der Waals surface area contributed by atoms with Crippen LogP contribution in [0.3, 0.4) is 0 Å². The maximum Gasteiger partial charge on any atom is 0.397 e.